The van der Waals surface area contributed by atoms with Gasteiger partial charge in [0.1, 0.15) is 11.3 Å². The molecule has 0 radical (unpaired) electrons. The Hall–Kier alpha value is -1.27. The average Bonchev–Trinajstić information content (AvgIpc) is 2.16. The van der Waals surface area contributed by atoms with Crippen LogP contribution < -0.4 is 4.74 Å². The Morgan fingerprint density at radius 2 is 1.68 bits per heavy atom. The number of hydrogen-bond acceptors (Lipinski definition) is 3. The number of nitrogens with zero attached hydrogens (tertiary/aromatic N) is 1. The number of alkyl halides is 6. The summed E-state index contributed by atoms with van der Waals surface area (Å²) in [5, 5.41) is 10.5. The first kappa shape index (κ1) is 15.8. The van der Waals surface area contributed by atoms with E-state index < -0.39 is 38.0 Å². The van der Waals surface area contributed by atoms with E-state index in [2.05, 4.69) is 4.74 Å². The molecule has 1 aromatic carbocycles. The maximum atomic E-state index is 12.5. The topological polar surface area (TPSA) is 52.4 Å². The lowest BCUT2D eigenvalue weighted by Crippen LogP contribution is -2.18. The van der Waals surface area contributed by atoms with Gasteiger partial charge in [0, 0.05) is 0 Å². The number of ether oxygens (including phenoxy) is 1. The lowest BCUT2D eigenvalue weighted by molar-refractivity contribution is -0.388. The number of nitro benzene ring substituents is 1. The van der Waals surface area contributed by atoms with Gasteiger partial charge in [0.15, 0.2) is 0 Å². The summed E-state index contributed by atoms with van der Waals surface area (Å²) in [6.07, 6.45) is -10.2. The van der Waals surface area contributed by atoms with Crippen molar-refractivity contribution in [3.05, 3.63) is 31.4 Å². The van der Waals surface area contributed by atoms with E-state index in [1.807, 2.05) is 0 Å². The maximum Gasteiger partial charge on any atom is 0.573 e. The summed E-state index contributed by atoms with van der Waals surface area (Å²) < 4.78 is 76.2. The Morgan fingerprint density at radius 3 is 2.05 bits per heavy atom. The first-order chi connectivity index (χ1) is 8.42. The van der Waals surface area contributed by atoms with Gasteiger partial charge in [-0.25, -0.2) is 0 Å². The molecule has 1 aromatic rings. The fourth-order valence-electron chi connectivity index (χ4n) is 1.12. The van der Waals surface area contributed by atoms with Crippen molar-refractivity contribution in [2.45, 2.75) is 12.5 Å². The molecule has 0 unspecified atom stereocenters. The second-order valence-corrected chi connectivity index (χ2v) is 4.26. The van der Waals surface area contributed by atoms with E-state index in [1.165, 1.54) is 0 Å². The molecule has 0 aliphatic rings. The number of halogens is 7. The fraction of sp³-hybridized carbons (Fsp3) is 0.250. The summed E-state index contributed by atoms with van der Waals surface area (Å²) in [5.41, 5.74) is -3.15. The van der Waals surface area contributed by atoms with Gasteiger partial charge in [-0.15, -0.1) is 13.2 Å². The van der Waals surface area contributed by atoms with Crippen LogP contribution in [0, 0.1) is 13.7 Å². The molecule has 0 N–H and O–H groups in total. The Labute approximate surface area is 114 Å². The van der Waals surface area contributed by atoms with Crippen LogP contribution in [-0.4, -0.2) is 11.3 Å². The van der Waals surface area contributed by atoms with Crippen molar-refractivity contribution in [2.75, 3.05) is 0 Å². The molecule has 0 aromatic heterocycles. The van der Waals surface area contributed by atoms with Crippen LogP contribution in [0.25, 0.3) is 0 Å². The fourth-order valence-corrected chi connectivity index (χ4v) is 1.70. The standard InChI is InChI=1S/C8H2F6INO3/c9-7(10,11)3-1-4(15)6(19-8(12,13)14)2-5(3)16(17)18/h1-2H. The van der Waals surface area contributed by atoms with E-state index in [-0.39, 0.29) is 12.1 Å². The van der Waals surface area contributed by atoms with E-state index >= 15 is 0 Å². The molecule has 0 amide bonds. The van der Waals surface area contributed by atoms with Gasteiger partial charge in [-0.3, -0.25) is 10.1 Å². The van der Waals surface area contributed by atoms with Gasteiger partial charge in [0.25, 0.3) is 5.69 Å². The predicted molar refractivity (Wildman–Crippen MR) is 57.5 cm³/mol. The van der Waals surface area contributed by atoms with Crippen molar-refractivity contribution in [2.24, 2.45) is 0 Å². The van der Waals surface area contributed by atoms with E-state index in [0.717, 1.165) is 22.6 Å². The average molecular weight is 401 g/mol. The highest BCUT2D eigenvalue weighted by Gasteiger charge is 2.40. The first-order valence-corrected chi connectivity index (χ1v) is 5.30. The maximum absolute atomic E-state index is 12.5. The third-order valence-electron chi connectivity index (χ3n) is 1.78. The Morgan fingerprint density at radius 1 is 1.16 bits per heavy atom. The molecule has 0 fully saturated rings. The second-order valence-electron chi connectivity index (χ2n) is 3.10. The van der Waals surface area contributed by atoms with E-state index in [9.17, 15) is 36.5 Å². The van der Waals surface area contributed by atoms with Crippen LogP contribution in [-0.2, 0) is 6.18 Å². The van der Waals surface area contributed by atoms with Crippen LogP contribution in [0.1, 0.15) is 5.56 Å². The molecule has 11 heteroatoms. The number of benzene rings is 1. The zero-order valence-corrected chi connectivity index (χ0v) is 10.6. The zero-order valence-electron chi connectivity index (χ0n) is 8.47. The molecule has 19 heavy (non-hydrogen) atoms. The van der Waals surface area contributed by atoms with Gasteiger partial charge in [0.05, 0.1) is 14.6 Å². The number of rotatable bonds is 2. The van der Waals surface area contributed by atoms with Crippen LogP contribution in [0.2, 0.25) is 0 Å². The largest absolute Gasteiger partial charge is 0.573 e. The predicted octanol–water partition coefficient (Wildman–Crippen LogP) is 4.12. The molecule has 0 atom stereocenters. The Balaban J connectivity index is 3.42. The van der Waals surface area contributed by atoms with Gasteiger partial charge in [0.2, 0.25) is 0 Å². The Kier molecular flexibility index (Phi) is 4.17. The highest BCUT2D eigenvalue weighted by Crippen LogP contribution is 2.41. The summed E-state index contributed by atoms with van der Waals surface area (Å²) in [7, 11) is 0. The summed E-state index contributed by atoms with van der Waals surface area (Å²) >= 11 is 1.16. The third kappa shape index (κ3) is 4.11. The molecule has 4 nitrogen and oxygen atoms in total. The zero-order chi connectivity index (χ0) is 15.0. The second kappa shape index (κ2) is 5.02. The Bertz CT molecular complexity index is 512. The number of hydrogen-bond donors (Lipinski definition) is 0. The van der Waals surface area contributed by atoms with E-state index in [4.69, 9.17) is 0 Å². The highest BCUT2D eigenvalue weighted by molar-refractivity contribution is 14.1. The van der Waals surface area contributed by atoms with Gasteiger partial charge in [-0.1, -0.05) is 0 Å². The normalized spacial score (nSPS) is 12.4. The minimum absolute atomic E-state index is 0.0953. The van der Waals surface area contributed by atoms with Crippen LogP contribution in [0.15, 0.2) is 12.1 Å². The lowest BCUT2D eigenvalue weighted by Gasteiger charge is -2.13. The molecule has 0 aliphatic heterocycles. The van der Waals surface area contributed by atoms with Crippen molar-refractivity contribution >= 4 is 28.3 Å². The molecule has 0 aliphatic carbocycles. The van der Waals surface area contributed by atoms with Crippen LogP contribution in [0.5, 0.6) is 5.75 Å². The van der Waals surface area contributed by atoms with Gasteiger partial charge < -0.3 is 4.74 Å². The van der Waals surface area contributed by atoms with Crippen molar-refractivity contribution in [1.82, 2.24) is 0 Å². The number of nitro groups is 1. The quantitative estimate of drug-likeness (QED) is 0.325. The highest BCUT2D eigenvalue weighted by atomic mass is 127. The minimum atomic E-state index is -5.16. The van der Waals surface area contributed by atoms with Crippen molar-refractivity contribution in [3.8, 4) is 5.75 Å². The van der Waals surface area contributed by atoms with Crippen LogP contribution >= 0.6 is 22.6 Å². The SMILES string of the molecule is O=[N+]([O-])c1cc(OC(F)(F)F)c(I)cc1C(F)(F)F. The smallest absolute Gasteiger partial charge is 0.404 e. The van der Waals surface area contributed by atoms with Gasteiger partial charge in [-0.05, 0) is 28.7 Å². The van der Waals surface area contributed by atoms with Crippen molar-refractivity contribution < 1.29 is 36.0 Å². The molecular formula is C8H2F6INO3. The molecule has 0 saturated carbocycles. The molecular weight excluding hydrogens is 399 g/mol. The summed E-state index contributed by atoms with van der Waals surface area (Å²) in [6.45, 7) is 0. The van der Waals surface area contributed by atoms with Crippen LogP contribution in [0.3, 0.4) is 0 Å². The summed E-state index contributed by atoms with van der Waals surface area (Å²) in [5.74, 6) is -1.06. The molecule has 0 saturated heterocycles. The summed E-state index contributed by atoms with van der Waals surface area (Å²) in [4.78, 5) is 9.04. The molecule has 106 valence electrons. The molecule has 0 spiro atoms. The molecule has 1 rings (SSSR count). The van der Waals surface area contributed by atoms with Crippen molar-refractivity contribution in [1.29, 1.82) is 0 Å². The van der Waals surface area contributed by atoms with E-state index in [0.29, 0.717) is 0 Å². The third-order valence-corrected chi connectivity index (χ3v) is 2.62. The molecule has 0 bridgehead atoms. The van der Waals surface area contributed by atoms with Gasteiger partial charge >= 0.3 is 12.5 Å². The minimum Gasteiger partial charge on any atom is -0.404 e. The van der Waals surface area contributed by atoms with Crippen molar-refractivity contribution in [3.63, 3.8) is 0 Å². The lowest BCUT2D eigenvalue weighted by atomic mass is 10.1. The van der Waals surface area contributed by atoms with Gasteiger partial charge in [-0.2, -0.15) is 13.2 Å². The van der Waals surface area contributed by atoms with E-state index in [1.54, 1.807) is 0 Å². The molecule has 0 heterocycles. The first-order valence-electron chi connectivity index (χ1n) is 4.22. The summed E-state index contributed by atoms with van der Waals surface area (Å²) in [6, 6.07) is 0.317. The van der Waals surface area contributed by atoms with Crippen LogP contribution in [0.4, 0.5) is 32.0 Å². The monoisotopic (exact) mass is 401 g/mol.